The van der Waals surface area contributed by atoms with Gasteiger partial charge in [-0.05, 0) is 37.5 Å². The number of carbonyl (C=O) groups is 2. The molecule has 5 heteroatoms. The minimum Gasteiger partial charge on any atom is -0.349 e. The van der Waals surface area contributed by atoms with E-state index in [1.54, 1.807) is 0 Å². The number of hydrogen-bond acceptors (Lipinski definition) is 2. The topological polar surface area (TPSA) is 49.4 Å². The van der Waals surface area contributed by atoms with E-state index in [0.29, 0.717) is 24.0 Å². The van der Waals surface area contributed by atoms with Crippen molar-refractivity contribution in [2.75, 3.05) is 6.54 Å². The van der Waals surface area contributed by atoms with E-state index in [-0.39, 0.29) is 23.8 Å². The van der Waals surface area contributed by atoms with E-state index in [1.807, 2.05) is 36.1 Å². The Morgan fingerprint density at radius 1 is 1.26 bits per heavy atom. The van der Waals surface area contributed by atoms with E-state index in [0.717, 1.165) is 18.4 Å². The monoisotopic (exact) mass is 334 g/mol. The second-order valence-electron chi connectivity index (χ2n) is 6.67. The van der Waals surface area contributed by atoms with E-state index < -0.39 is 0 Å². The smallest absolute Gasteiger partial charge is 0.225 e. The Hall–Kier alpha value is -1.55. The minimum atomic E-state index is -0.224. The molecule has 1 aromatic carbocycles. The quantitative estimate of drug-likeness (QED) is 0.918. The van der Waals surface area contributed by atoms with Gasteiger partial charge in [-0.1, -0.05) is 36.6 Å². The van der Waals surface area contributed by atoms with Crippen molar-refractivity contribution in [1.29, 1.82) is 0 Å². The summed E-state index contributed by atoms with van der Waals surface area (Å²) in [6.45, 7) is 2.52. The van der Waals surface area contributed by atoms with E-state index in [1.165, 1.54) is 12.8 Å². The van der Waals surface area contributed by atoms with Crippen molar-refractivity contribution < 1.29 is 9.59 Å². The Morgan fingerprint density at radius 3 is 2.57 bits per heavy atom. The zero-order valence-electron chi connectivity index (χ0n) is 13.4. The van der Waals surface area contributed by atoms with Crippen molar-refractivity contribution in [3.05, 3.63) is 34.9 Å². The summed E-state index contributed by atoms with van der Waals surface area (Å²) in [5.74, 6) is -0.115. The molecule has 1 N–H and O–H groups in total. The average molecular weight is 335 g/mol. The van der Waals surface area contributed by atoms with Gasteiger partial charge in [0, 0.05) is 24.0 Å². The van der Waals surface area contributed by atoms with Gasteiger partial charge in [-0.15, -0.1) is 0 Å². The van der Waals surface area contributed by atoms with Crippen molar-refractivity contribution in [2.24, 2.45) is 5.92 Å². The molecule has 2 fully saturated rings. The molecule has 124 valence electrons. The summed E-state index contributed by atoms with van der Waals surface area (Å²) in [6, 6.07) is 7.74. The molecule has 23 heavy (non-hydrogen) atoms. The Kier molecular flexibility index (Phi) is 4.90. The third-order valence-corrected chi connectivity index (χ3v) is 5.28. The Balaban J connectivity index is 1.58. The SMILES string of the molecule is CC(NC(=O)C1CC(=O)N(C2CCCC2)C1)c1ccc(Cl)cc1. The highest BCUT2D eigenvalue weighted by Gasteiger charge is 2.38. The van der Waals surface area contributed by atoms with Crippen LogP contribution >= 0.6 is 11.6 Å². The molecule has 0 spiro atoms. The van der Waals surface area contributed by atoms with Crippen LogP contribution in [0, 0.1) is 5.92 Å². The van der Waals surface area contributed by atoms with E-state index in [4.69, 9.17) is 11.6 Å². The zero-order valence-corrected chi connectivity index (χ0v) is 14.2. The van der Waals surface area contributed by atoms with Gasteiger partial charge in [-0.3, -0.25) is 9.59 Å². The maximum Gasteiger partial charge on any atom is 0.225 e. The molecule has 3 rings (SSSR count). The summed E-state index contributed by atoms with van der Waals surface area (Å²) in [5, 5.41) is 3.71. The lowest BCUT2D eigenvalue weighted by Crippen LogP contribution is -2.37. The lowest BCUT2D eigenvalue weighted by Gasteiger charge is -2.24. The molecular formula is C18H23ClN2O2. The molecule has 4 nitrogen and oxygen atoms in total. The van der Waals surface area contributed by atoms with Gasteiger partial charge >= 0.3 is 0 Å². The molecule has 0 radical (unpaired) electrons. The molecule has 0 aromatic heterocycles. The number of rotatable bonds is 4. The van der Waals surface area contributed by atoms with Gasteiger partial charge in [-0.2, -0.15) is 0 Å². The number of hydrogen-bond donors (Lipinski definition) is 1. The summed E-state index contributed by atoms with van der Waals surface area (Å²) in [4.78, 5) is 26.6. The third-order valence-electron chi connectivity index (χ3n) is 5.02. The molecule has 1 aliphatic carbocycles. The largest absolute Gasteiger partial charge is 0.349 e. The normalized spacial score (nSPS) is 23.3. The van der Waals surface area contributed by atoms with Gasteiger partial charge in [-0.25, -0.2) is 0 Å². The fraction of sp³-hybridized carbons (Fsp3) is 0.556. The van der Waals surface area contributed by atoms with Gasteiger partial charge in [0.2, 0.25) is 11.8 Å². The summed E-state index contributed by atoms with van der Waals surface area (Å²) in [7, 11) is 0. The first-order chi connectivity index (χ1) is 11.0. The molecule has 0 bridgehead atoms. The van der Waals surface area contributed by atoms with Crippen LogP contribution in [0.15, 0.2) is 24.3 Å². The number of amides is 2. The van der Waals surface area contributed by atoms with Gasteiger partial charge < -0.3 is 10.2 Å². The predicted octanol–water partition coefficient (Wildman–Crippen LogP) is 3.31. The predicted molar refractivity (Wildman–Crippen MR) is 90.1 cm³/mol. The second kappa shape index (κ2) is 6.91. The third kappa shape index (κ3) is 3.69. The average Bonchev–Trinajstić information content (AvgIpc) is 3.16. The maximum absolute atomic E-state index is 12.5. The highest BCUT2D eigenvalue weighted by Crippen LogP contribution is 2.29. The lowest BCUT2D eigenvalue weighted by molar-refractivity contribution is -0.130. The molecule has 1 heterocycles. The minimum absolute atomic E-state index is 0.0266. The molecule has 1 aromatic rings. The summed E-state index contributed by atoms with van der Waals surface area (Å²) in [6.07, 6.45) is 4.90. The van der Waals surface area contributed by atoms with E-state index in [9.17, 15) is 9.59 Å². The second-order valence-corrected chi connectivity index (χ2v) is 7.10. The molecule has 1 saturated heterocycles. The summed E-state index contributed by atoms with van der Waals surface area (Å²) in [5.41, 5.74) is 1.01. The van der Waals surface area contributed by atoms with Crippen molar-refractivity contribution in [1.82, 2.24) is 10.2 Å². The molecule has 2 atom stereocenters. The van der Waals surface area contributed by atoms with Crippen LogP contribution in [0.3, 0.4) is 0 Å². The molecule has 1 aliphatic heterocycles. The van der Waals surface area contributed by atoms with Gasteiger partial charge in [0.05, 0.1) is 12.0 Å². The van der Waals surface area contributed by atoms with Crippen molar-refractivity contribution in [2.45, 2.75) is 51.1 Å². The van der Waals surface area contributed by atoms with E-state index >= 15 is 0 Å². The fourth-order valence-corrected chi connectivity index (χ4v) is 3.77. The zero-order chi connectivity index (χ0) is 16.4. The Morgan fingerprint density at radius 2 is 1.91 bits per heavy atom. The van der Waals surface area contributed by atoms with Crippen LogP contribution in [0.4, 0.5) is 0 Å². The van der Waals surface area contributed by atoms with Crippen LogP contribution in [0.1, 0.15) is 50.6 Å². The van der Waals surface area contributed by atoms with Crippen LogP contribution < -0.4 is 5.32 Å². The summed E-state index contributed by atoms with van der Waals surface area (Å²) < 4.78 is 0. The van der Waals surface area contributed by atoms with Crippen LogP contribution in [-0.4, -0.2) is 29.3 Å². The number of nitrogens with one attached hydrogen (secondary N) is 1. The van der Waals surface area contributed by atoms with Gasteiger partial charge in [0.1, 0.15) is 0 Å². The Labute approximate surface area is 142 Å². The Bertz CT molecular complexity index is 581. The molecule has 2 unspecified atom stereocenters. The van der Waals surface area contributed by atoms with Crippen LogP contribution in [0.25, 0.3) is 0 Å². The van der Waals surface area contributed by atoms with Crippen LogP contribution in [-0.2, 0) is 9.59 Å². The van der Waals surface area contributed by atoms with Crippen LogP contribution in [0.2, 0.25) is 5.02 Å². The molecule has 1 saturated carbocycles. The first kappa shape index (κ1) is 16.3. The van der Waals surface area contributed by atoms with Crippen LogP contribution in [0.5, 0.6) is 0 Å². The highest BCUT2D eigenvalue weighted by molar-refractivity contribution is 6.30. The number of nitrogens with zero attached hydrogens (tertiary/aromatic N) is 1. The van der Waals surface area contributed by atoms with E-state index in [2.05, 4.69) is 5.32 Å². The molecule has 2 aliphatic rings. The number of halogens is 1. The number of benzene rings is 1. The van der Waals surface area contributed by atoms with Gasteiger partial charge in [0.15, 0.2) is 0 Å². The maximum atomic E-state index is 12.5. The fourth-order valence-electron chi connectivity index (χ4n) is 3.64. The number of carbonyl (C=O) groups excluding carboxylic acids is 2. The van der Waals surface area contributed by atoms with Crippen molar-refractivity contribution in [3.8, 4) is 0 Å². The van der Waals surface area contributed by atoms with Crippen molar-refractivity contribution >= 4 is 23.4 Å². The number of likely N-dealkylation sites (tertiary alicyclic amines) is 1. The first-order valence-corrected chi connectivity index (χ1v) is 8.77. The first-order valence-electron chi connectivity index (χ1n) is 8.40. The van der Waals surface area contributed by atoms with Gasteiger partial charge in [0.25, 0.3) is 0 Å². The summed E-state index contributed by atoms with van der Waals surface area (Å²) >= 11 is 5.89. The van der Waals surface area contributed by atoms with Crippen molar-refractivity contribution in [3.63, 3.8) is 0 Å². The lowest BCUT2D eigenvalue weighted by atomic mass is 10.0. The highest BCUT2D eigenvalue weighted by atomic mass is 35.5. The standard InChI is InChI=1S/C18H23ClN2O2/c1-12(13-6-8-15(19)9-7-13)20-18(23)14-10-17(22)21(11-14)16-4-2-3-5-16/h6-9,12,14,16H,2-5,10-11H2,1H3,(H,20,23). The molecule has 2 amide bonds. The molecular weight excluding hydrogens is 312 g/mol.